The van der Waals surface area contributed by atoms with E-state index in [1.54, 1.807) is 12.1 Å². The van der Waals surface area contributed by atoms with Crippen LogP contribution < -0.4 is 9.47 Å². The molecule has 2 aromatic rings. The fourth-order valence-corrected chi connectivity index (χ4v) is 1.60. The van der Waals surface area contributed by atoms with Crippen molar-refractivity contribution in [2.24, 2.45) is 0 Å². The molecule has 0 aliphatic rings. The predicted octanol–water partition coefficient (Wildman–Crippen LogP) is 3.52. The van der Waals surface area contributed by atoms with Crippen molar-refractivity contribution in [3.8, 4) is 17.4 Å². The Balaban J connectivity index is 2.26. The van der Waals surface area contributed by atoms with Crippen molar-refractivity contribution in [2.75, 3.05) is 0 Å². The van der Waals surface area contributed by atoms with Gasteiger partial charge in [-0.25, -0.2) is 14.2 Å². The van der Waals surface area contributed by atoms with E-state index in [4.69, 9.17) is 26.2 Å². The fourth-order valence-electron chi connectivity index (χ4n) is 1.45. The van der Waals surface area contributed by atoms with Gasteiger partial charge in [0.05, 0.1) is 5.02 Å². The monoisotopic (exact) mass is 311 g/mol. The Labute approximate surface area is 124 Å². The minimum Gasteiger partial charge on any atom is -0.479 e. The molecule has 5 nitrogen and oxygen atoms in total. The number of hydrogen-bond acceptors (Lipinski definition) is 4. The second-order valence-corrected chi connectivity index (χ2v) is 4.52. The molecule has 1 atom stereocenters. The van der Waals surface area contributed by atoms with Crippen LogP contribution in [0.4, 0.5) is 4.39 Å². The maximum atomic E-state index is 13.7. The highest BCUT2D eigenvalue weighted by Gasteiger charge is 2.16. The number of aromatic nitrogens is 1. The number of carbonyl (C=O) groups is 1. The molecular weight excluding hydrogens is 301 g/mol. The second-order valence-electron chi connectivity index (χ2n) is 4.09. The Hall–Kier alpha value is -2.34. The molecule has 1 heterocycles. The summed E-state index contributed by atoms with van der Waals surface area (Å²) in [5.74, 6) is -1.81. The van der Waals surface area contributed by atoms with Crippen LogP contribution in [0.15, 0.2) is 36.5 Å². The van der Waals surface area contributed by atoms with Gasteiger partial charge >= 0.3 is 5.97 Å². The van der Waals surface area contributed by atoms with Crippen molar-refractivity contribution in [1.29, 1.82) is 0 Å². The van der Waals surface area contributed by atoms with E-state index in [0.717, 1.165) is 6.07 Å². The summed E-state index contributed by atoms with van der Waals surface area (Å²) in [6.07, 6.45) is 0.168. The van der Waals surface area contributed by atoms with E-state index in [9.17, 15) is 9.18 Å². The van der Waals surface area contributed by atoms with Crippen molar-refractivity contribution in [2.45, 2.75) is 13.0 Å². The van der Waals surface area contributed by atoms with Gasteiger partial charge in [0.25, 0.3) is 5.88 Å². The lowest BCUT2D eigenvalue weighted by atomic mass is 10.3. The molecule has 7 heteroatoms. The Bertz CT molecular complexity index is 665. The molecule has 0 radical (unpaired) electrons. The van der Waals surface area contributed by atoms with E-state index in [1.165, 1.54) is 25.3 Å². The first-order valence-corrected chi connectivity index (χ1v) is 6.32. The molecule has 0 unspecified atom stereocenters. The van der Waals surface area contributed by atoms with Crippen LogP contribution in [0.2, 0.25) is 5.02 Å². The van der Waals surface area contributed by atoms with E-state index in [1.807, 2.05) is 0 Å². The number of rotatable bonds is 5. The largest absolute Gasteiger partial charge is 0.479 e. The molecule has 1 aromatic heterocycles. The van der Waals surface area contributed by atoms with Crippen LogP contribution in [0.5, 0.6) is 17.4 Å². The number of benzene rings is 1. The maximum absolute atomic E-state index is 13.7. The summed E-state index contributed by atoms with van der Waals surface area (Å²) in [5.41, 5.74) is 0. The molecule has 2 rings (SSSR count). The molecule has 0 aliphatic heterocycles. The number of pyridine rings is 1. The zero-order valence-corrected chi connectivity index (χ0v) is 11.7. The summed E-state index contributed by atoms with van der Waals surface area (Å²) < 4.78 is 24.2. The number of ether oxygens (including phenoxy) is 2. The molecule has 0 bridgehead atoms. The fraction of sp³-hybridized carbons (Fsp3) is 0.143. The van der Waals surface area contributed by atoms with Gasteiger partial charge in [0.15, 0.2) is 23.4 Å². The minimum atomic E-state index is -1.12. The van der Waals surface area contributed by atoms with Gasteiger partial charge in [-0.3, -0.25) is 0 Å². The maximum Gasteiger partial charge on any atom is 0.344 e. The van der Waals surface area contributed by atoms with Crippen molar-refractivity contribution < 1.29 is 23.8 Å². The number of para-hydroxylation sites is 2. The van der Waals surface area contributed by atoms with Gasteiger partial charge in [0.1, 0.15) is 0 Å². The van der Waals surface area contributed by atoms with Crippen LogP contribution in [-0.2, 0) is 4.79 Å². The van der Waals surface area contributed by atoms with E-state index in [-0.39, 0.29) is 22.4 Å². The average Bonchev–Trinajstić information content (AvgIpc) is 2.43. The molecule has 1 N–H and O–H groups in total. The van der Waals surface area contributed by atoms with Gasteiger partial charge in [0, 0.05) is 6.20 Å². The summed E-state index contributed by atoms with van der Waals surface area (Å²) in [6.45, 7) is 1.38. The zero-order valence-electron chi connectivity index (χ0n) is 10.9. The third kappa shape index (κ3) is 3.82. The second kappa shape index (κ2) is 6.41. The summed E-state index contributed by atoms with van der Waals surface area (Å²) >= 11 is 5.61. The Kier molecular flexibility index (Phi) is 4.59. The Morgan fingerprint density at radius 3 is 2.67 bits per heavy atom. The number of carboxylic acid groups (broad SMARTS) is 1. The minimum absolute atomic E-state index is 0.142. The van der Waals surface area contributed by atoms with Crippen molar-refractivity contribution in [3.63, 3.8) is 0 Å². The van der Waals surface area contributed by atoms with Gasteiger partial charge in [0.2, 0.25) is 0 Å². The molecule has 0 spiro atoms. The molecule has 0 aliphatic carbocycles. The molecule has 0 saturated carbocycles. The number of hydrogen-bond donors (Lipinski definition) is 1. The average molecular weight is 312 g/mol. The van der Waals surface area contributed by atoms with E-state index in [0.29, 0.717) is 0 Å². The number of carboxylic acids is 1. The van der Waals surface area contributed by atoms with Crippen LogP contribution in [-0.4, -0.2) is 22.2 Å². The number of halogens is 2. The van der Waals surface area contributed by atoms with Crippen LogP contribution in [0.1, 0.15) is 6.92 Å². The number of aliphatic carboxylic acids is 1. The lowest BCUT2D eigenvalue weighted by Gasteiger charge is -2.14. The third-order valence-corrected chi connectivity index (χ3v) is 2.69. The highest BCUT2D eigenvalue weighted by molar-refractivity contribution is 6.30. The summed E-state index contributed by atoms with van der Waals surface area (Å²) in [6, 6.07) is 7.37. The first kappa shape index (κ1) is 15.1. The van der Waals surface area contributed by atoms with E-state index in [2.05, 4.69) is 4.98 Å². The van der Waals surface area contributed by atoms with Gasteiger partial charge in [-0.1, -0.05) is 23.7 Å². The van der Waals surface area contributed by atoms with Crippen molar-refractivity contribution in [3.05, 3.63) is 47.4 Å². The van der Waals surface area contributed by atoms with Gasteiger partial charge in [-0.05, 0) is 25.1 Å². The lowest BCUT2D eigenvalue weighted by Crippen LogP contribution is -2.23. The molecule has 0 amide bonds. The molecule has 21 heavy (non-hydrogen) atoms. The zero-order chi connectivity index (χ0) is 15.4. The van der Waals surface area contributed by atoms with E-state index >= 15 is 0 Å². The Morgan fingerprint density at radius 2 is 2.05 bits per heavy atom. The SMILES string of the molecule is C[C@@H](Oc1ccccc1Oc1ncc(Cl)cc1F)C(=O)O. The van der Waals surface area contributed by atoms with Gasteiger partial charge < -0.3 is 14.6 Å². The van der Waals surface area contributed by atoms with Crippen LogP contribution in [0.25, 0.3) is 0 Å². The molecule has 110 valence electrons. The van der Waals surface area contributed by atoms with Crippen LogP contribution in [0.3, 0.4) is 0 Å². The van der Waals surface area contributed by atoms with Crippen LogP contribution in [0, 0.1) is 5.82 Å². The normalized spacial score (nSPS) is 11.8. The highest BCUT2D eigenvalue weighted by Crippen LogP contribution is 2.32. The summed E-state index contributed by atoms with van der Waals surface area (Å²) in [7, 11) is 0. The number of nitrogens with zero attached hydrogens (tertiary/aromatic N) is 1. The quantitative estimate of drug-likeness (QED) is 0.915. The predicted molar refractivity (Wildman–Crippen MR) is 73.4 cm³/mol. The molecule has 1 aromatic carbocycles. The van der Waals surface area contributed by atoms with Gasteiger partial charge in [-0.15, -0.1) is 0 Å². The van der Waals surface area contributed by atoms with E-state index < -0.39 is 17.9 Å². The smallest absolute Gasteiger partial charge is 0.344 e. The molecule has 0 saturated heterocycles. The standard InChI is InChI=1S/C14H11ClFNO4/c1-8(14(18)19)20-11-4-2-3-5-12(11)21-13-10(16)6-9(15)7-17-13/h2-8H,1H3,(H,18,19)/t8-/m1/s1. The molecule has 0 fully saturated rings. The third-order valence-electron chi connectivity index (χ3n) is 2.48. The summed E-state index contributed by atoms with van der Waals surface area (Å²) in [5, 5.41) is 8.99. The molecular formula is C14H11ClFNO4. The van der Waals surface area contributed by atoms with Crippen molar-refractivity contribution in [1.82, 2.24) is 4.98 Å². The van der Waals surface area contributed by atoms with Gasteiger partial charge in [-0.2, -0.15) is 0 Å². The summed E-state index contributed by atoms with van der Waals surface area (Å²) in [4.78, 5) is 14.5. The van der Waals surface area contributed by atoms with Crippen molar-refractivity contribution >= 4 is 17.6 Å². The first-order valence-electron chi connectivity index (χ1n) is 5.94. The Morgan fingerprint density at radius 1 is 1.38 bits per heavy atom. The lowest BCUT2D eigenvalue weighted by molar-refractivity contribution is -0.144. The van der Waals surface area contributed by atoms with Crippen LogP contribution >= 0.6 is 11.6 Å². The first-order chi connectivity index (χ1) is 9.97. The highest BCUT2D eigenvalue weighted by atomic mass is 35.5. The topological polar surface area (TPSA) is 68.7 Å².